The summed E-state index contributed by atoms with van der Waals surface area (Å²) in [5, 5.41) is 21.8. The van der Waals surface area contributed by atoms with E-state index in [9.17, 15) is 23.8 Å². The Labute approximate surface area is 117 Å². The molecule has 1 rings (SSSR count). The Morgan fingerprint density at radius 1 is 1.37 bits per heavy atom. The van der Waals surface area contributed by atoms with Gasteiger partial charge in [-0.1, -0.05) is 15.9 Å². The van der Waals surface area contributed by atoms with Crippen molar-refractivity contribution in [3.05, 3.63) is 33.8 Å². The summed E-state index contributed by atoms with van der Waals surface area (Å²) in [6, 6.07) is 2.00. The van der Waals surface area contributed by atoms with Crippen molar-refractivity contribution in [2.45, 2.75) is 25.6 Å². The van der Waals surface area contributed by atoms with Crippen LogP contribution < -0.4 is 5.32 Å². The number of rotatable bonds is 5. The molecule has 7 heteroatoms. The lowest BCUT2D eigenvalue weighted by Gasteiger charge is -2.19. The first kappa shape index (κ1) is 16.0. The van der Waals surface area contributed by atoms with Gasteiger partial charge in [0.25, 0.3) is 0 Å². The fraction of sp³-hybridized carbons (Fsp3) is 0.417. The topological polar surface area (TPSA) is 69.6 Å². The maximum atomic E-state index is 13.6. The summed E-state index contributed by atoms with van der Waals surface area (Å²) < 4.78 is 27.3. The second-order valence-corrected chi connectivity index (χ2v) is 4.98. The summed E-state index contributed by atoms with van der Waals surface area (Å²) in [4.78, 5) is 10.6. The molecule has 0 radical (unpaired) electrons. The minimum absolute atomic E-state index is 0.0182. The zero-order valence-electron chi connectivity index (χ0n) is 10.2. The van der Waals surface area contributed by atoms with Gasteiger partial charge in [-0.25, -0.2) is 8.78 Å². The number of halogens is 3. The fourth-order valence-electron chi connectivity index (χ4n) is 1.58. The quantitative estimate of drug-likeness (QED) is 0.765. The third-order valence-electron chi connectivity index (χ3n) is 2.52. The lowest BCUT2D eigenvalue weighted by atomic mass is 10.0. The molecule has 4 nitrogen and oxygen atoms in total. The molecule has 1 amide bonds. The van der Waals surface area contributed by atoms with E-state index in [1.807, 2.05) is 0 Å². The van der Waals surface area contributed by atoms with Gasteiger partial charge in [0.05, 0.1) is 11.7 Å². The molecular weight excluding hydrogens is 324 g/mol. The summed E-state index contributed by atoms with van der Waals surface area (Å²) >= 11 is 2.92. The molecule has 0 bridgehead atoms. The van der Waals surface area contributed by atoms with Crippen LogP contribution in [0.2, 0.25) is 0 Å². The van der Waals surface area contributed by atoms with Crippen molar-refractivity contribution in [3.63, 3.8) is 0 Å². The van der Waals surface area contributed by atoms with Crippen molar-refractivity contribution in [1.29, 1.82) is 0 Å². The Bertz CT molecular complexity index is 447. The number of carbonyl (C=O) groups is 1. The molecule has 0 fully saturated rings. The summed E-state index contributed by atoms with van der Waals surface area (Å²) in [6.45, 7) is 1.41. The van der Waals surface area contributed by atoms with Gasteiger partial charge in [-0.3, -0.25) is 4.79 Å². The van der Waals surface area contributed by atoms with Crippen LogP contribution in [-0.2, 0) is 4.79 Å². The monoisotopic (exact) mass is 337 g/mol. The highest BCUT2D eigenvalue weighted by atomic mass is 79.9. The van der Waals surface area contributed by atoms with Gasteiger partial charge in [0.15, 0.2) is 0 Å². The van der Waals surface area contributed by atoms with Crippen LogP contribution in [0.15, 0.2) is 16.6 Å². The molecule has 2 atom stereocenters. The highest BCUT2D eigenvalue weighted by Gasteiger charge is 2.25. The van der Waals surface area contributed by atoms with Gasteiger partial charge in [0.2, 0.25) is 5.91 Å². The van der Waals surface area contributed by atoms with Crippen LogP contribution in [0, 0.1) is 11.6 Å². The molecular formula is C12H14BrF2NO3. The Morgan fingerprint density at radius 2 is 1.89 bits per heavy atom. The van der Waals surface area contributed by atoms with Gasteiger partial charge >= 0.3 is 0 Å². The van der Waals surface area contributed by atoms with E-state index in [1.54, 1.807) is 0 Å². The maximum absolute atomic E-state index is 13.6. The van der Waals surface area contributed by atoms with Crippen LogP contribution in [0.5, 0.6) is 0 Å². The molecule has 106 valence electrons. The van der Waals surface area contributed by atoms with Gasteiger partial charge < -0.3 is 15.5 Å². The second kappa shape index (κ2) is 6.93. The maximum Gasteiger partial charge on any atom is 0.216 e. The number of carbonyl (C=O) groups excluding carboxylic acids is 1. The molecule has 0 saturated heterocycles. The van der Waals surface area contributed by atoms with Crippen LogP contribution in [-0.4, -0.2) is 28.8 Å². The van der Waals surface area contributed by atoms with Crippen molar-refractivity contribution < 1.29 is 23.8 Å². The van der Waals surface area contributed by atoms with E-state index in [-0.39, 0.29) is 23.3 Å². The zero-order valence-corrected chi connectivity index (χ0v) is 11.7. The van der Waals surface area contributed by atoms with Crippen LogP contribution in [0.4, 0.5) is 8.78 Å². The number of hydrogen-bond donors (Lipinski definition) is 3. The first-order chi connectivity index (χ1) is 8.82. The number of aliphatic hydroxyl groups excluding tert-OH is 2. The lowest BCUT2D eigenvalue weighted by Crippen LogP contribution is -2.28. The van der Waals surface area contributed by atoms with Gasteiger partial charge in [0.1, 0.15) is 17.7 Å². The van der Waals surface area contributed by atoms with E-state index in [0.717, 1.165) is 12.1 Å². The van der Waals surface area contributed by atoms with Gasteiger partial charge in [0, 0.05) is 17.9 Å². The number of aliphatic hydroxyl groups is 2. The van der Waals surface area contributed by atoms with E-state index < -0.39 is 29.4 Å². The minimum Gasteiger partial charge on any atom is -0.390 e. The molecule has 0 spiro atoms. The molecule has 2 unspecified atom stereocenters. The standard InChI is InChI=1S/C12H14BrF2NO3/c1-6(17)16-3-2-10(18)12(19)11-8(14)4-7(13)5-9(11)15/h4-5,10,12,18-19H,2-3H2,1H3,(H,16,17). The van der Waals surface area contributed by atoms with E-state index in [0.29, 0.717) is 0 Å². The first-order valence-corrected chi connectivity index (χ1v) is 6.37. The van der Waals surface area contributed by atoms with Crippen molar-refractivity contribution in [2.24, 2.45) is 0 Å². The average Bonchev–Trinajstić information content (AvgIpc) is 2.26. The Balaban J connectivity index is 2.76. The largest absolute Gasteiger partial charge is 0.390 e. The average molecular weight is 338 g/mol. The molecule has 1 aromatic rings. The lowest BCUT2D eigenvalue weighted by molar-refractivity contribution is -0.119. The summed E-state index contributed by atoms with van der Waals surface area (Å²) in [6.07, 6.45) is -3.09. The first-order valence-electron chi connectivity index (χ1n) is 5.58. The molecule has 0 aliphatic carbocycles. The predicted molar refractivity (Wildman–Crippen MR) is 68.3 cm³/mol. The second-order valence-electron chi connectivity index (χ2n) is 4.07. The zero-order chi connectivity index (χ0) is 14.6. The minimum atomic E-state index is -1.69. The van der Waals surface area contributed by atoms with Crippen molar-refractivity contribution in [1.82, 2.24) is 5.32 Å². The third kappa shape index (κ3) is 4.52. The van der Waals surface area contributed by atoms with Crippen LogP contribution >= 0.6 is 15.9 Å². The fourth-order valence-corrected chi connectivity index (χ4v) is 1.98. The van der Waals surface area contributed by atoms with Crippen LogP contribution in [0.25, 0.3) is 0 Å². The smallest absolute Gasteiger partial charge is 0.216 e. The number of hydrogen-bond acceptors (Lipinski definition) is 3. The molecule has 1 aromatic carbocycles. The molecule has 0 aromatic heterocycles. The molecule has 0 heterocycles. The number of benzene rings is 1. The third-order valence-corrected chi connectivity index (χ3v) is 2.98. The van der Waals surface area contributed by atoms with Gasteiger partial charge in [-0.05, 0) is 18.6 Å². The van der Waals surface area contributed by atoms with Crippen LogP contribution in [0.3, 0.4) is 0 Å². The van der Waals surface area contributed by atoms with E-state index in [2.05, 4.69) is 21.2 Å². The highest BCUT2D eigenvalue weighted by molar-refractivity contribution is 9.10. The van der Waals surface area contributed by atoms with Gasteiger partial charge in [-0.2, -0.15) is 0 Å². The molecule has 0 aliphatic heterocycles. The van der Waals surface area contributed by atoms with Crippen molar-refractivity contribution in [2.75, 3.05) is 6.54 Å². The normalized spacial score (nSPS) is 14.0. The molecule has 19 heavy (non-hydrogen) atoms. The number of nitrogens with one attached hydrogen (secondary N) is 1. The van der Waals surface area contributed by atoms with E-state index >= 15 is 0 Å². The Morgan fingerprint density at radius 3 is 2.37 bits per heavy atom. The SMILES string of the molecule is CC(=O)NCCC(O)C(O)c1c(F)cc(Br)cc1F. The van der Waals surface area contributed by atoms with Crippen LogP contribution in [0.1, 0.15) is 25.0 Å². The van der Waals surface area contributed by atoms with Crippen molar-refractivity contribution in [3.8, 4) is 0 Å². The summed E-state index contributed by atoms with van der Waals surface area (Å²) in [5.74, 6) is -2.18. The van der Waals surface area contributed by atoms with Crippen molar-refractivity contribution >= 4 is 21.8 Å². The Hall–Kier alpha value is -1.05. The molecule has 0 saturated carbocycles. The summed E-state index contributed by atoms with van der Waals surface area (Å²) in [5.41, 5.74) is -0.585. The molecule has 3 N–H and O–H groups in total. The predicted octanol–water partition coefficient (Wildman–Crippen LogP) is 1.65. The number of amides is 1. The molecule has 0 aliphatic rings. The van der Waals surface area contributed by atoms with Gasteiger partial charge in [-0.15, -0.1) is 0 Å². The van der Waals surface area contributed by atoms with E-state index in [1.165, 1.54) is 6.92 Å². The summed E-state index contributed by atoms with van der Waals surface area (Å²) in [7, 11) is 0. The highest BCUT2D eigenvalue weighted by Crippen LogP contribution is 2.27. The van der Waals surface area contributed by atoms with E-state index in [4.69, 9.17) is 0 Å². The Kier molecular flexibility index (Phi) is 5.84.